The first kappa shape index (κ1) is 42.0. The molecule has 3 aromatic rings. The molecule has 17 heteroatoms. The van der Waals surface area contributed by atoms with Crippen molar-refractivity contribution in [2.75, 3.05) is 12.3 Å². The third kappa shape index (κ3) is 12.7. The van der Waals surface area contributed by atoms with Crippen molar-refractivity contribution in [3.8, 4) is 5.75 Å². The van der Waals surface area contributed by atoms with Crippen LogP contribution in [-0.2, 0) is 48.0 Å². The molecule has 2 unspecified atom stereocenters. The minimum atomic E-state index is -1.32. The van der Waals surface area contributed by atoms with Crippen molar-refractivity contribution in [2.45, 2.75) is 68.1 Å². The molecule has 0 radical (unpaired) electrons. The number of carbonyl (C=O) groups excluding carboxylic acids is 5. The minimum absolute atomic E-state index is 0.00465. The number of hydrogen-bond donors (Lipinski definition) is 8. The molecule has 0 spiro atoms. The molecule has 5 atom stereocenters. The number of benzene rings is 3. The maximum absolute atomic E-state index is 13.8. The average molecular weight is 799 g/mol. The Labute approximate surface area is 325 Å². The zero-order valence-electron chi connectivity index (χ0n) is 29.5. The number of nitrogens with two attached hydrogens (primary N) is 1. The van der Waals surface area contributed by atoms with Crippen LogP contribution in [0.3, 0.4) is 0 Å². The first-order chi connectivity index (χ1) is 25.6. The second-order valence-corrected chi connectivity index (χ2v) is 16.6. The van der Waals surface area contributed by atoms with Crippen molar-refractivity contribution in [2.24, 2.45) is 5.73 Å². The fourth-order valence-electron chi connectivity index (χ4n) is 5.44. The van der Waals surface area contributed by atoms with Crippen LogP contribution in [0.15, 0.2) is 78.9 Å². The van der Waals surface area contributed by atoms with Crippen LogP contribution in [0, 0.1) is 0 Å². The van der Waals surface area contributed by atoms with Crippen LogP contribution < -0.4 is 32.3 Å². The number of phenols is 1. The second-order valence-electron chi connectivity index (χ2n) is 13.2. The van der Waals surface area contributed by atoms with Crippen molar-refractivity contribution < 1.29 is 39.0 Å². The summed E-state index contributed by atoms with van der Waals surface area (Å²) in [7, 11) is 2.27. The predicted octanol–water partition coefficient (Wildman–Crippen LogP) is 1.71. The monoisotopic (exact) mass is 798 g/mol. The number of phenolic OH excluding ortho intramolecular Hbond substituents is 1. The molecule has 1 heterocycles. The van der Waals surface area contributed by atoms with Crippen molar-refractivity contribution >= 4 is 68.7 Å². The molecule has 5 amide bonds. The summed E-state index contributed by atoms with van der Waals surface area (Å²) in [5, 5.41) is 33.1. The molecule has 0 saturated carbocycles. The van der Waals surface area contributed by atoms with Gasteiger partial charge in [0.15, 0.2) is 0 Å². The van der Waals surface area contributed by atoms with Crippen LogP contribution in [0.25, 0.3) is 0 Å². The van der Waals surface area contributed by atoms with E-state index in [0.717, 1.165) is 21.6 Å². The van der Waals surface area contributed by atoms with Crippen molar-refractivity contribution in [3.63, 3.8) is 0 Å². The van der Waals surface area contributed by atoms with Crippen molar-refractivity contribution in [3.05, 3.63) is 101 Å². The number of nitrogens with one attached hydrogen (secondary N) is 5. The average Bonchev–Trinajstić information content (AvgIpc) is 3.13. The molecule has 54 heavy (non-hydrogen) atoms. The summed E-state index contributed by atoms with van der Waals surface area (Å²) in [5.74, 6) is -4.85. The van der Waals surface area contributed by atoms with Gasteiger partial charge in [-0.3, -0.25) is 24.0 Å². The Kier molecular flexibility index (Phi) is 15.2. The van der Waals surface area contributed by atoms with Crippen molar-refractivity contribution in [1.82, 2.24) is 26.6 Å². The zero-order chi connectivity index (χ0) is 39.4. The number of rotatable bonds is 11. The zero-order valence-corrected chi connectivity index (χ0v) is 31.9. The molecule has 1 aliphatic heterocycles. The van der Waals surface area contributed by atoms with E-state index in [1.165, 1.54) is 12.1 Å². The highest BCUT2D eigenvalue weighted by Crippen LogP contribution is 2.39. The standard InChI is InChI=1S/C37H43ClN6O8S2/c1-37(2)31(44-32(47)26(39)16-22-10-14-25(45)15-11-22)35(50)40-19-30(46)41-27(17-23-8-12-24(38)13-9-23)33(48)43-29(20-53-54-37)34(49)42-28(36(51)52)18-21-6-4-3-5-7-21/h3-15,26-29,31,45H,16-20,39H2,1-2H3,(H,40,50)(H,41,46)(H,42,49)(H,43,48)(H,44,47)(H,51,52)/t26-,27?,28-,29?,31-/m0/s1. The van der Waals surface area contributed by atoms with Gasteiger partial charge in [-0.2, -0.15) is 0 Å². The SMILES string of the molecule is CC1(C)SSCC(C(=O)N[C@@H](Cc2ccccc2)C(=O)O)NC(=O)C(Cc2ccc(Cl)cc2)NC(=O)CNC(=O)[C@@H]1NC(=O)[C@@H](N)Cc1ccc(O)cc1. The lowest BCUT2D eigenvalue weighted by molar-refractivity contribution is -0.142. The van der Waals surface area contributed by atoms with Crippen LogP contribution in [0.5, 0.6) is 5.75 Å². The number of carboxylic acids is 1. The lowest BCUT2D eigenvalue weighted by Gasteiger charge is -2.34. The number of carboxylic acid groups (broad SMARTS) is 1. The number of hydrogen-bond acceptors (Lipinski definition) is 10. The minimum Gasteiger partial charge on any atom is -0.508 e. The molecular weight excluding hydrogens is 756 g/mol. The molecule has 9 N–H and O–H groups in total. The van der Waals surface area contributed by atoms with Gasteiger partial charge in [0.2, 0.25) is 29.5 Å². The Morgan fingerprint density at radius 3 is 2.19 bits per heavy atom. The third-order valence-corrected chi connectivity index (χ3v) is 12.0. The van der Waals surface area contributed by atoms with Gasteiger partial charge in [-0.25, -0.2) is 4.79 Å². The largest absolute Gasteiger partial charge is 0.508 e. The van der Waals surface area contributed by atoms with E-state index in [2.05, 4.69) is 26.6 Å². The Morgan fingerprint density at radius 2 is 1.54 bits per heavy atom. The fourth-order valence-corrected chi connectivity index (χ4v) is 8.39. The van der Waals surface area contributed by atoms with Crippen molar-refractivity contribution in [1.29, 1.82) is 0 Å². The molecule has 3 aromatic carbocycles. The second kappa shape index (κ2) is 19.5. The summed E-state index contributed by atoms with van der Waals surface area (Å²) >= 11 is 6.04. The van der Waals surface area contributed by atoms with Gasteiger partial charge in [0.25, 0.3) is 0 Å². The summed E-state index contributed by atoms with van der Waals surface area (Å²) in [4.78, 5) is 80.0. The molecule has 1 aliphatic rings. The first-order valence-corrected chi connectivity index (χ1v) is 19.6. The smallest absolute Gasteiger partial charge is 0.326 e. The molecule has 0 aromatic heterocycles. The van der Waals surface area contributed by atoms with Gasteiger partial charge in [-0.15, -0.1) is 0 Å². The summed E-state index contributed by atoms with van der Waals surface area (Å²) in [6.07, 6.45) is 0.0890. The topological polar surface area (TPSA) is 229 Å². The lowest BCUT2D eigenvalue weighted by atomic mass is 10.0. The number of halogens is 1. The third-order valence-electron chi connectivity index (χ3n) is 8.44. The molecule has 0 bridgehead atoms. The van der Waals surface area contributed by atoms with Crippen LogP contribution >= 0.6 is 33.2 Å². The van der Waals surface area contributed by atoms with Gasteiger partial charge in [-0.05, 0) is 61.2 Å². The molecule has 1 fully saturated rings. The molecule has 0 aliphatic carbocycles. The summed E-state index contributed by atoms with van der Waals surface area (Å²) in [6, 6.07) is 15.4. The summed E-state index contributed by atoms with van der Waals surface area (Å²) < 4.78 is -1.08. The van der Waals surface area contributed by atoms with E-state index in [0.29, 0.717) is 21.7 Å². The van der Waals surface area contributed by atoms with Crippen LogP contribution in [0.2, 0.25) is 5.02 Å². The highest BCUT2D eigenvalue weighted by Gasteiger charge is 2.40. The van der Waals surface area contributed by atoms with Gasteiger partial charge in [0, 0.05) is 28.4 Å². The Balaban J connectivity index is 1.59. The predicted molar refractivity (Wildman–Crippen MR) is 208 cm³/mol. The summed E-state index contributed by atoms with van der Waals surface area (Å²) in [5.41, 5.74) is 8.21. The van der Waals surface area contributed by atoms with Gasteiger partial charge in [0.05, 0.1) is 12.6 Å². The normalized spacial score (nSPS) is 20.5. The van der Waals surface area contributed by atoms with Crippen LogP contribution in [0.1, 0.15) is 30.5 Å². The van der Waals surface area contributed by atoms with Gasteiger partial charge in [-0.1, -0.05) is 87.8 Å². The molecular formula is C37H43ClN6O8S2. The maximum atomic E-state index is 13.8. The van der Waals surface area contributed by atoms with E-state index in [1.807, 2.05) is 0 Å². The van der Waals surface area contributed by atoms with Gasteiger partial charge >= 0.3 is 5.97 Å². The summed E-state index contributed by atoms with van der Waals surface area (Å²) in [6.45, 7) is 2.82. The maximum Gasteiger partial charge on any atom is 0.326 e. The molecule has 288 valence electrons. The van der Waals surface area contributed by atoms with E-state index < -0.39 is 77.0 Å². The van der Waals surface area contributed by atoms with Crippen LogP contribution in [0.4, 0.5) is 0 Å². The fraction of sp³-hybridized carbons (Fsp3) is 0.351. The molecule has 1 saturated heterocycles. The lowest BCUT2D eigenvalue weighted by Crippen LogP contribution is -2.61. The number of amides is 5. The van der Waals surface area contributed by atoms with Crippen LogP contribution in [-0.4, -0.2) is 93.0 Å². The first-order valence-electron chi connectivity index (χ1n) is 16.9. The van der Waals surface area contributed by atoms with E-state index >= 15 is 0 Å². The Hall–Kier alpha value is -4.77. The molecule has 14 nitrogen and oxygen atoms in total. The van der Waals surface area contributed by atoms with E-state index in [1.54, 1.807) is 80.6 Å². The van der Waals surface area contributed by atoms with E-state index in [9.17, 15) is 39.0 Å². The number of aliphatic carboxylic acids is 1. The highest BCUT2D eigenvalue weighted by molar-refractivity contribution is 8.77. The van der Waals surface area contributed by atoms with Gasteiger partial charge in [0.1, 0.15) is 29.9 Å². The molecule has 4 rings (SSSR count). The van der Waals surface area contributed by atoms with Gasteiger partial charge < -0.3 is 42.5 Å². The number of carbonyl (C=O) groups is 6. The van der Waals surface area contributed by atoms with E-state index in [-0.39, 0.29) is 30.8 Å². The quantitative estimate of drug-likeness (QED) is 0.130. The Morgan fingerprint density at radius 1 is 0.907 bits per heavy atom. The highest BCUT2D eigenvalue weighted by atomic mass is 35.5. The number of aromatic hydroxyl groups is 1. The van der Waals surface area contributed by atoms with E-state index in [4.69, 9.17) is 17.3 Å². The Bertz CT molecular complexity index is 1800.